The number of methoxy groups -OCH3 is 1. The standard InChI is InChI=1S/C16H20N2O6S/c1-11(10-23-2)18-25(21,22)13-5-6-15(14(8-13)16(19)20)17-9-12-4-3-7-24-12/h3-8,11,17-18H,9-10H2,1-2H3,(H,19,20)/t11-/m0/s1. The Morgan fingerprint density at radius 3 is 2.72 bits per heavy atom. The summed E-state index contributed by atoms with van der Waals surface area (Å²) < 4.78 is 37.2. The maximum Gasteiger partial charge on any atom is 0.337 e. The Labute approximate surface area is 145 Å². The number of carboxylic acids is 1. The highest BCUT2D eigenvalue weighted by atomic mass is 32.2. The van der Waals surface area contributed by atoms with Crippen LogP contribution in [-0.4, -0.2) is 39.3 Å². The molecule has 2 rings (SSSR count). The van der Waals surface area contributed by atoms with E-state index in [0.717, 1.165) is 6.07 Å². The van der Waals surface area contributed by atoms with Crippen molar-refractivity contribution in [3.05, 3.63) is 47.9 Å². The zero-order valence-corrected chi connectivity index (χ0v) is 14.7. The molecule has 0 aliphatic carbocycles. The summed E-state index contributed by atoms with van der Waals surface area (Å²) in [4.78, 5) is 11.4. The summed E-state index contributed by atoms with van der Waals surface area (Å²) in [6.07, 6.45) is 1.51. The van der Waals surface area contributed by atoms with Gasteiger partial charge < -0.3 is 19.6 Å². The van der Waals surface area contributed by atoms with E-state index < -0.39 is 22.0 Å². The second-order valence-electron chi connectivity index (χ2n) is 5.42. The molecule has 1 atom stereocenters. The third kappa shape index (κ3) is 5.05. The maximum atomic E-state index is 12.4. The fourth-order valence-electron chi connectivity index (χ4n) is 2.23. The van der Waals surface area contributed by atoms with Crippen LogP contribution in [0.1, 0.15) is 23.0 Å². The molecule has 1 aromatic carbocycles. The van der Waals surface area contributed by atoms with E-state index in [1.54, 1.807) is 19.1 Å². The molecule has 3 N–H and O–H groups in total. The molecule has 1 heterocycles. The van der Waals surface area contributed by atoms with Gasteiger partial charge in [0.15, 0.2) is 0 Å². The second kappa shape index (κ2) is 8.15. The molecule has 0 amide bonds. The summed E-state index contributed by atoms with van der Waals surface area (Å²) in [5.74, 6) is -0.605. The molecule has 0 fully saturated rings. The predicted molar refractivity (Wildman–Crippen MR) is 91.1 cm³/mol. The zero-order valence-electron chi connectivity index (χ0n) is 13.9. The predicted octanol–water partition coefficient (Wildman–Crippen LogP) is 1.90. The minimum atomic E-state index is -3.85. The van der Waals surface area contributed by atoms with E-state index in [9.17, 15) is 18.3 Å². The van der Waals surface area contributed by atoms with Crippen molar-refractivity contribution in [1.29, 1.82) is 0 Å². The normalized spacial score (nSPS) is 12.7. The number of hydrogen-bond donors (Lipinski definition) is 3. The molecule has 25 heavy (non-hydrogen) atoms. The summed E-state index contributed by atoms with van der Waals surface area (Å²) in [6.45, 7) is 2.13. The highest BCUT2D eigenvalue weighted by molar-refractivity contribution is 7.89. The molecule has 136 valence electrons. The van der Waals surface area contributed by atoms with Gasteiger partial charge in [-0.2, -0.15) is 0 Å². The van der Waals surface area contributed by atoms with Crippen LogP contribution in [0.15, 0.2) is 45.9 Å². The van der Waals surface area contributed by atoms with Crippen molar-refractivity contribution in [2.75, 3.05) is 19.0 Å². The smallest absolute Gasteiger partial charge is 0.337 e. The monoisotopic (exact) mass is 368 g/mol. The van der Waals surface area contributed by atoms with Crippen LogP contribution in [0, 0.1) is 0 Å². The van der Waals surface area contributed by atoms with Crippen LogP contribution in [0.4, 0.5) is 5.69 Å². The lowest BCUT2D eigenvalue weighted by Crippen LogP contribution is -2.35. The number of benzene rings is 1. The molecule has 0 radical (unpaired) electrons. The molecule has 0 bridgehead atoms. The van der Waals surface area contributed by atoms with Crippen molar-refractivity contribution in [3.8, 4) is 0 Å². The zero-order chi connectivity index (χ0) is 18.4. The number of carboxylic acid groups (broad SMARTS) is 1. The van der Waals surface area contributed by atoms with E-state index in [4.69, 9.17) is 9.15 Å². The van der Waals surface area contributed by atoms with Crippen molar-refractivity contribution < 1.29 is 27.5 Å². The van der Waals surface area contributed by atoms with Gasteiger partial charge in [-0.3, -0.25) is 0 Å². The SMILES string of the molecule is COC[C@H](C)NS(=O)(=O)c1ccc(NCc2ccco2)c(C(=O)O)c1. The fourth-order valence-corrected chi connectivity index (χ4v) is 3.49. The van der Waals surface area contributed by atoms with Gasteiger partial charge in [-0.1, -0.05) is 0 Å². The minimum Gasteiger partial charge on any atom is -0.478 e. The van der Waals surface area contributed by atoms with Gasteiger partial charge in [0.25, 0.3) is 0 Å². The summed E-state index contributed by atoms with van der Waals surface area (Å²) in [5, 5.41) is 12.3. The van der Waals surface area contributed by atoms with E-state index in [0.29, 0.717) is 11.4 Å². The van der Waals surface area contributed by atoms with Gasteiger partial charge in [0.2, 0.25) is 10.0 Å². The molecule has 0 aliphatic rings. The van der Waals surface area contributed by atoms with Gasteiger partial charge in [-0.15, -0.1) is 0 Å². The number of furan rings is 1. The number of rotatable bonds is 9. The number of sulfonamides is 1. The minimum absolute atomic E-state index is 0.128. The lowest BCUT2D eigenvalue weighted by atomic mass is 10.2. The van der Waals surface area contributed by atoms with Gasteiger partial charge in [-0.25, -0.2) is 17.9 Å². The topological polar surface area (TPSA) is 118 Å². The largest absolute Gasteiger partial charge is 0.478 e. The van der Waals surface area contributed by atoms with E-state index in [-0.39, 0.29) is 23.6 Å². The lowest BCUT2D eigenvalue weighted by molar-refractivity contribution is 0.0697. The number of nitrogens with one attached hydrogen (secondary N) is 2. The molecule has 1 aromatic heterocycles. The summed E-state index contributed by atoms with van der Waals surface area (Å²) in [6, 6.07) is 6.90. The highest BCUT2D eigenvalue weighted by Crippen LogP contribution is 2.22. The molecule has 0 spiro atoms. The Hall–Kier alpha value is -2.36. The van der Waals surface area contributed by atoms with Gasteiger partial charge in [0, 0.05) is 18.8 Å². The van der Waals surface area contributed by atoms with Gasteiger partial charge in [-0.05, 0) is 37.3 Å². The average molecular weight is 368 g/mol. The number of carbonyl (C=O) groups is 1. The van der Waals surface area contributed by atoms with Crippen molar-refractivity contribution in [3.63, 3.8) is 0 Å². The van der Waals surface area contributed by atoms with Crippen LogP contribution in [0.25, 0.3) is 0 Å². The Balaban J connectivity index is 2.24. The maximum absolute atomic E-state index is 12.4. The van der Waals surface area contributed by atoms with E-state index in [2.05, 4.69) is 10.0 Å². The van der Waals surface area contributed by atoms with Crippen molar-refractivity contribution in [2.45, 2.75) is 24.4 Å². The summed E-state index contributed by atoms with van der Waals surface area (Å²) in [5.41, 5.74) is 0.154. The Kier molecular flexibility index (Phi) is 6.18. The van der Waals surface area contributed by atoms with Crippen LogP contribution in [0.3, 0.4) is 0 Å². The van der Waals surface area contributed by atoms with E-state index >= 15 is 0 Å². The molecule has 8 nitrogen and oxygen atoms in total. The van der Waals surface area contributed by atoms with Gasteiger partial charge in [0.05, 0.1) is 29.9 Å². The molecule has 0 saturated heterocycles. The number of anilines is 1. The Morgan fingerprint density at radius 2 is 2.12 bits per heavy atom. The third-order valence-corrected chi connectivity index (χ3v) is 4.93. The first kappa shape index (κ1) is 19.0. The molecule has 0 saturated carbocycles. The number of hydrogen-bond acceptors (Lipinski definition) is 6. The molecular formula is C16H20N2O6S. The molecule has 2 aromatic rings. The number of aromatic carboxylic acids is 1. The Bertz CT molecular complexity index is 817. The third-order valence-electron chi connectivity index (χ3n) is 3.34. The summed E-state index contributed by atoms with van der Waals surface area (Å²) >= 11 is 0. The van der Waals surface area contributed by atoms with Crippen LogP contribution in [-0.2, 0) is 21.3 Å². The van der Waals surface area contributed by atoms with Crippen molar-refractivity contribution in [2.24, 2.45) is 0 Å². The van der Waals surface area contributed by atoms with Crippen molar-refractivity contribution >= 4 is 21.7 Å². The Morgan fingerprint density at radius 1 is 1.36 bits per heavy atom. The average Bonchev–Trinajstić information content (AvgIpc) is 3.05. The van der Waals surface area contributed by atoms with Crippen LogP contribution >= 0.6 is 0 Å². The first-order valence-corrected chi connectivity index (χ1v) is 8.96. The quantitative estimate of drug-likeness (QED) is 0.619. The van der Waals surface area contributed by atoms with Crippen LogP contribution in [0.5, 0.6) is 0 Å². The van der Waals surface area contributed by atoms with E-state index in [1.165, 1.54) is 25.5 Å². The fraction of sp³-hybridized carbons (Fsp3) is 0.312. The first-order valence-electron chi connectivity index (χ1n) is 7.48. The number of ether oxygens (including phenoxy) is 1. The van der Waals surface area contributed by atoms with Gasteiger partial charge in [0.1, 0.15) is 5.76 Å². The van der Waals surface area contributed by atoms with E-state index in [1.807, 2.05) is 0 Å². The molecule has 0 aliphatic heterocycles. The first-order chi connectivity index (χ1) is 11.8. The molecule has 9 heteroatoms. The highest BCUT2D eigenvalue weighted by Gasteiger charge is 2.21. The molecule has 0 unspecified atom stereocenters. The van der Waals surface area contributed by atoms with Crippen molar-refractivity contribution in [1.82, 2.24) is 4.72 Å². The van der Waals surface area contributed by atoms with Crippen LogP contribution < -0.4 is 10.0 Å². The van der Waals surface area contributed by atoms with Crippen LogP contribution in [0.2, 0.25) is 0 Å². The molecular weight excluding hydrogens is 348 g/mol. The van der Waals surface area contributed by atoms with Gasteiger partial charge >= 0.3 is 5.97 Å². The lowest BCUT2D eigenvalue weighted by Gasteiger charge is -2.15. The summed E-state index contributed by atoms with van der Waals surface area (Å²) in [7, 11) is -2.39. The second-order valence-corrected chi connectivity index (χ2v) is 7.14.